The fourth-order valence-corrected chi connectivity index (χ4v) is 3.50. The molecule has 1 aromatic carbocycles. The fraction of sp³-hybridized carbons (Fsp3) is 0.444. The number of aromatic nitrogens is 3. The lowest BCUT2D eigenvalue weighted by Gasteiger charge is -2.02. The minimum Gasteiger partial charge on any atom is -0.217 e. The van der Waals surface area contributed by atoms with Gasteiger partial charge in [-0.1, -0.05) is 49.7 Å². The molecule has 0 atom stereocenters. The first-order chi connectivity index (χ1) is 10.7. The third-order valence-electron chi connectivity index (χ3n) is 4.13. The topological polar surface area (TPSA) is 30.2 Å². The number of hydrogen-bond donors (Lipinski definition) is 0. The van der Waals surface area contributed by atoms with Crippen LogP contribution in [0.4, 0.5) is 0 Å². The Morgan fingerprint density at radius 2 is 1.95 bits per heavy atom. The van der Waals surface area contributed by atoms with E-state index in [4.69, 9.17) is 4.98 Å². The van der Waals surface area contributed by atoms with Crippen molar-refractivity contribution in [2.75, 3.05) is 0 Å². The Balaban J connectivity index is 1.76. The van der Waals surface area contributed by atoms with Crippen LogP contribution in [-0.4, -0.2) is 14.6 Å². The molecule has 2 aromatic heterocycles. The molecule has 3 nitrogen and oxygen atoms in total. The summed E-state index contributed by atoms with van der Waals surface area (Å²) in [7, 11) is 0. The van der Waals surface area contributed by atoms with E-state index in [-0.39, 0.29) is 0 Å². The molecule has 0 saturated heterocycles. The third kappa shape index (κ3) is 3.22. The number of hydrogen-bond acceptors (Lipinski definition) is 3. The summed E-state index contributed by atoms with van der Waals surface area (Å²) in [5.74, 6) is 0. The average Bonchev–Trinajstić information content (AvgIpc) is 3.05. The van der Waals surface area contributed by atoms with Crippen LogP contribution in [0.15, 0.2) is 24.4 Å². The van der Waals surface area contributed by atoms with Crippen molar-refractivity contribution in [2.24, 2.45) is 0 Å². The Labute approximate surface area is 136 Å². The zero-order valence-corrected chi connectivity index (χ0v) is 14.4. The molecule has 0 aliphatic rings. The molecule has 0 unspecified atom stereocenters. The van der Waals surface area contributed by atoms with Crippen LogP contribution in [0.25, 0.3) is 16.2 Å². The van der Waals surface area contributed by atoms with Gasteiger partial charge in [0.1, 0.15) is 5.01 Å². The first kappa shape index (κ1) is 15.2. The highest BCUT2D eigenvalue weighted by Gasteiger charge is 2.10. The van der Waals surface area contributed by atoms with E-state index in [0.717, 1.165) is 17.1 Å². The van der Waals surface area contributed by atoms with Gasteiger partial charge in [-0.15, -0.1) is 0 Å². The van der Waals surface area contributed by atoms with Crippen LogP contribution in [0.1, 0.15) is 48.7 Å². The van der Waals surface area contributed by atoms with Crippen LogP contribution in [0, 0.1) is 13.8 Å². The van der Waals surface area contributed by atoms with Crippen LogP contribution in [0.2, 0.25) is 0 Å². The summed E-state index contributed by atoms with van der Waals surface area (Å²) in [4.78, 5) is 5.74. The first-order valence-corrected chi connectivity index (χ1v) is 8.91. The Bertz CT molecular complexity index is 738. The molecule has 3 rings (SSSR count). The summed E-state index contributed by atoms with van der Waals surface area (Å²) in [5, 5.41) is 5.87. The van der Waals surface area contributed by atoms with Gasteiger partial charge in [0.25, 0.3) is 0 Å². The van der Waals surface area contributed by atoms with Crippen molar-refractivity contribution in [3.63, 3.8) is 0 Å². The van der Waals surface area contributed by atoms with E-state index < -0.39 is 0 Å². The molecule has 0 amide bonds. The van der Waals surface area contributed by atoms with Gasteiger partial charge in [0, 0.05) is 12.0 Å². The van der Waals surface area contributed by atoms with E-state index >= 15 is 0 Å². The van der Waals surface area contributed by atoms with Crippen molar-refractivity contribution < 1.29 is 0 Å². The SMILES string of the molecule is CCCCCCc1nn2cc(-c3ccc(C)c(C)c3)nc2s1. The van der Waals surface area contributed by atoms with Crippen molar-refractivity contribution in [1.82, 2.24) is 14.6 Å². The van der Waals surface area contributed by atoms with Gasteiger partial charge < -0.3 is 0 Å². The molecule has 0 fully saturated rings. The molecule has 116 valence electrons. The van der Waals surface area contributed by atoms with Crippen molar-refractivity contribution in [2.45, 2.75) is 52.9 Å². The van der Waals surface area contributed by atoms with Gasteiger partial charge in [0.05, 0.1) is 11.9 Å². The molecule has 4 heteroatoms. The largest absolute Gasteiger partial charge is 0.217 e. The molecule has 22 heavy (non-hydrogen) atoms. The molecule has 0 aliphatic heterocycles. The van der Waals surface area contributed by atoms with Crippen LogP contribution < -0.4 is 0 Å². The second kappa shape index (κ2) is 6.61. The lowest BCUT2D eigenvalue weighted by atomic mass is 10.1. The lowest BCUT2D eigenvalue weighted by Crippen LogP contribution is -1.88. The number of fused-ring (bicyclic) bond motifs is 1. The lowest BCUT2D eigenvalue weighted by molar-refractivity contribution is 0.661. The highest BCUT2D eigenvalue weighted by Crippen LogP contribution is 2.24. The van der Waals surface area contributed by atoms with Crippen molar-refractivity contribution in [1.29, 1.82) is 0 Å². The normalized spacial score (nSPS) is 11.4. The molecule has 0 radical (unpaired) electrons. The maximum atomic E-state index is 4.74. The van der Waals surface area contributed by atoms with Gasteiger partial charge >= 0.3 is 0 Å². The highest BCUT2D eigenvalue weighted by molar-refractivity contribution is 7.16. The second-order valence-electron chi connectivity index (χ2n) is 5.96. The second-order valence-corrected chi connectivity index (χ2v) is 7.00. The number of unbranched alkanes of at least 4 members (excludes halogenated alkanes) is 3. The maximum absolute atomic E-state index is 4.74. The molecule has 3 aromatic rings. The standard InChI is InChI=1S/C18H23N3S/c1-4-5-6-7-8-17-20-21-12-16(19-18(21)22-17)15-10-9-13(2)14(3)11-15/h9-12H,4-8H2,1-3H3. The van der Waals surface area contributed by atoms with Crippen LogP contribution in [-0.2, 0) is 6.42 Å². The average molecular weight is 313 g/mol. The summed E-state index contributed by atoms with van der Waals surface area (Å²) in [6.45, 7) is 6.52. The Kier molecular flexibility index (Phi) is 4.57. The first-order valence-electron chi connectivity index (χ1n) is 8.10. The Hall–Kier alpha value is -1.68. The van der Waals surface area contributed by atoms with Gasteiger partial charge in [0.2, 0.25) is 4.96 Å². The summed E-state index contributed by atoms with van der Waals surface area (Å²) < 4.78 is 1.93. The van der Waals surface area contributed by atoms with E-state index in [9.17, 15) is 0 Å². The molecular weight excluding hydrogens is 290 g/mol. The Morgan fingerprint density at radius 1 is 1.09 bits per heavy atom. The molecule has 0 saturated carbocycles. The van der Waals surface area contributed by atoms with E-state index in [1.165, 1.54) is 47.4 Å². The predicted molar refractivity (Wildman–Crippen MR) is 93.6 cm³/mol. The summed E-state index contributed by atoms with van der Waals surface area (Å²) in [6.07, 6.45) is 8.25. The van der Waals surface area contributed by atoms with Crippen molar-refractivity contribution in [3.05, 3.63) is 40.5 Å². The Morgan fingerprint density at radius 3 is 2.68 bits per heavy atom. The zero-order valence-electron chi connectivity index (χ0n) is 13.6. The number of benzene rings is 1. The van der Waals surface area contributed by atoms with Crippen LogP contribution in [0.5, 0.6) is 0 Å². The number of nitrogens with zero attached hydrogens (tertiary/aromatic N) is 3. The monoisotopic (exact) mass is 313 g/mol. The third-order valence-corrected chi connectivity index (χ3v) is 5.11. The number of imidazole rings is 1. The molecular formula is C18H23N3S. The molecule has 0 aliphatic carbocycles. The van der Waals surface area contributed by atoms with E-state index in [1.807, 2.05) is 10.7 Å². The molecule has 0 spiro atoms. The number of rotatable bonds is 6. The zero-order chi connectivity index (χ0) is 15.5. The van der Waals surface area contributed by atoms with E-state index in [0.29, 0.717) is 0 Å². The van der Waals surface area contributed by atoms with Crippen LogP contribution in [0.3, 0.4) is 0 Å². The number of aryl methyl sites for hydroxylation is 3. The smallest absolute Gasteiger partial charge is 0.212 e. The fourth-order valence-electron chi connectivity index (χ4n) is 2.59. The van der Waals surface area contributed by atoms with Gasteiger partial charge in [-0.3, -0.25) is 0 Å². The highest BCUT2D eigenvalue weighted by atomic mass is 32.1. The van der Waals surface area contributed by atoms with E-state index in [2.05, 4.69) is 44.1 Å². The maximum Gasteiger partial charge on any atom is 0.212 e. The molecule has 2 heterocycles. The molecule has 0 bridgehead atoms. The molecule has 0 N–H and O–H groups in total. The van der Waals surface area contributed by atoms with Gasteiger partial charge in [-0.25, -0.2) is 9.50 Å². The summed E-state index contributed by atoms with van der Waals surface area (Å²) >= 11 is 1.72. The van der Waals surface area contributed by atoms with E-state index in [1.54, 1.807) is 11.3 Å². The summed E-state index contributed by atoms with van der Waals surface area (Å²) in [5.41, 5.74) is 4.81. The minimum absolute atomic E-state index is 0.999. The van der Waals surface area contributed by atoms with Crippen molar-refractivity contribution >= 4 is 16.3 Å². The van der Waals surface area contributed by atoms with Crippen LogP contribution >= 0.6 is 11.3 Å². The predicted octanol–water partition coefficient (Wildman–Crippen LogP) is 5.20. The quantitative estimate of drug-likeness (QED) is 0.586. The minimum atomic E-state index is 0.999. The summed E-state index contributed by atoms with van der Waals surface area (Å²) in [6, 6.07) is 6.50. The van der Waals surface area contributed by atoms with Gasteiger partial charge in [0.15, 0.2) is 0 Å². The van der Waals surface area contributed by atoms with Gasteiger partial charge in [-0.2, -0.15) is 5.10 Å². The van der Waals surface area contributed by atoms with Gasteiger partial charge in [-0.05, 0) is 37.5 Å². The van der Waals surface area contributed by atoms with Crippen molar-refractivity contribution in [3.8, 4) is 11.3 Å².